The zero-order chi connectivity index (χ0) is 17.0. The zero-order valence-electron chi connectivity index (χ0n) is 14.1. The Bertz CT molecular complexity index is 903. The van der Waals surface area contributed by atoms with Gasteiger partial charge in [-0.15, -0.1) is 0 Å². The Morgan fingerprint density at radius 2 is 1.68 bits per heavy atom. The minimum Gasteiger partial charge on any atom is -0.312 e. The number of benzene rings is 2. The summed E-state index contributed by atoms with van der Waals surface area (Å²) in [4.78, 5) is 29.1. The summed E-state index contributed by atoms with van der Waals surface area (Å²) in [5, 5.41) is 0. The highest BCUT2D eigenvalue weighted by Crippen LogP contribution is 2.38. The van der Waals surface area contributed by atoms with Gasteiger partial charge in [0.2, 0.25) is 5.91 Å². The third-order valence-electron chi connectivity index (χ3n) is 5.65. The van der Waals surface area contributed by atoms with E-state index in [-0.39, 0.29) is 11.8 Å². The summed E-state index contributed by atoms with van der Waals surface area (Å²) >= 11 is 0. The van der Waals surface area contributed by atoms with Crippen molar-refractivity contribution < 1.29 is 9.59 Å². The van der Waals surface area contributed by atoms with Crippen LogP contribution >= 0.6 is 0 Å². The van der Waals surface area contributed by atoms with Crippen molar-refractivity contribution in [1.82, 2.24) is 0 Å². The van der Waals surface area contributed by atoms with Crippen molar-refractivity contribution in [2.75, 3.05) is 22.9 Å². The Balaban J connectivity index is 1.55. The maximum Gasteiger partial charge on any atom is 0.258 e. The first-order valence-electron chi connectivity index (χ1n) is 9.08. The molecule has 0 atom stereocenters. The number of rotatable bonds is 1. The second-order valence-electron chi connectivity index (χ2n) is 7.13. The molecule has 0 spiro atoms. The smallest absolute Gasteiger partial charge is 0.258 e. The highest BCUT2D eigenvalue weighted by Gasteiger charge is 2.33. The van der Waals surface area contributed by atoms with Crippen LogP contribution in [0.15, 0.2) is 36.4 Å². The molecular weight excluding hydrogens is 312 g/mol. The van der Waals surface area contributed by atoms with E-state index in [2.05, 4.69) is 6.07 Å². The second kappa shape index (κ2) is 5.45. The fraction of sp³-hybridized carbons (Fsp3) is 0.333. The van der Waals surface area contributed by atoms with Crippen molar-refractivity contribution in [2.45, 2.75) is 32.1 Å². The van der Waals surface area contributed by atoms with Gasteiger partial charge in [0.05, 0.1) is 5.69 Å². The van der Waals surface area contributed by atoms with Gasteiger partial charge in [0.1, 0.15) is 0 Å². The molecule has 0 radical (unpaired) electrons. The van der Waals surface area contributed by atoms with Crippen LogP contribution in [0.1, 0.15) is 39.9 Å². The Labute approximate surface area is 147 Å². The first-order valence-corrected chi connectivity index (χ1v) is 9.08. The van der Waals surface area contributed by atoms with E-state index in [1.807, 2.05) is 40.1 Å². The van der Waals surface area contributed by atoms with E-state index in [9.17, 15) is 9.59 Å². The SMILES string of the molecule is O=C(c1cc2c3c(c1)CCN3C(=O)CC2)N1CCCc2ccccc21. The van der Waals surface area contributed by atoms with Gasteiger partial charge in [0.15, 0.2) is 0 Å². The molecule has 4 nitrogen and oxygen atoms in total. The first kappa shape index (κ1) is 14.7. The van der Waals surface area contributed by atoms with E-state index in [0.29, 0.717) is 6.42 Å². The van der Waals surface area contributed by atoms with Crippen LogP contribution in [0.2, 0.25) is 0 Å². The lowest BCUT2D eigenvalue weighted by atomic mass is 9.95. The molecule has 4 heteroatoms. The molecule has 0 unspecified atom stereocenters. The summed E-state index contributed by atoms with van der Waals surface area (Å²) in [6.45, 7) is 1.53. The third kappa shape index (κ3) is 2.20. The molecule has 126 valence electrons. The van der Waals surface area contributed by atoms with Gasteiger partial charge in [0, 0.05) is 30.8 Å². The number of carbonyl (C=O) groups excluding carboxylic acids is 2. The number of para-hydroxylation sites is 1. The van der Waals surface area contributed by atoms with Crippen LogP contribution in [0.3, 0.4) is 0 Å². The lowest BCUT2D eigenvalue weighted by Crippen LogP contribution is -2.36. The number of aryl methyl sites for hydroxylation is 2. The van der Waals surface area contributed by atoms with Crippen molar-refractivity contribution in [3.63, 3.8) is 0 Å². The van der Waals surface area contributed by atoms with Gasteiger partial charge in [-0.1, -0.05) is 18.2 Å². The second-order valence-corrected chi connectivity index (χ2v) is 7.13. The summed E-state index contributed by atoms with van der Waals surface area (Å²) in [6, 6.07) is 12.2. The Hall–Kier alpha value is -2.62. The maximum atomic E-state index is 13.2. The van der Waals surface area contributed by atoms with Crippen LogP contribution in [0, 0.1) is 0 Å². The number of carbonyl (C=O) groups is 2. The van der Waals surface area contributed by atoms with Crippen molar-refractivity contribution >= 4 is 23.2 Å². The standard InChI is InChI=1S/C21H20N2O2/c24-19-8-7-15-12-17(13-16-9-11-23(19)20(15)16)21(25)22-10-3-5-14-4-1-2-6-18(14)22/h1-2,4,6,12-13H,3,5,7-11H2. The third-order valence-corrected chi connectivity index (χ3v) is 5.65. The Morgan fingerprint density at radius 1 is 0.880 bits per heavy atom. The molecular formula is C21H20N2O2. The molecule has 2 aromatic rings. The van der Waals surface area contributed by atoms with Gasteiger partial charge in [-0.2, -0.15) is 0 Å². The summed E-state index contributed by atoms with van der Waals surface area (Å²) in [5.74, 6) is 0.303. The quantitative estimate of drug-likeness (QED) is 0.805. The first-order chi connectivity index (χ1) is 12.2. The van der Waals surface area contributed by atoms with Crippen molar-refractivity contribution in [3.05, 3.63) is 58.7 Å². The van der Waals surface area contributed by atoms with Crippen LogP contribution in [0.25, 0.3) is 0 Å². The van der Waals surface area contributed by atoms with Crippen LogP contribution in [-0.2, 0) is 24.1 Å². The number of anilines is 2. The van der Waals surface area contributed by atoms with E-state index >= 15 is 0 Å². The number of amides is 2. The predicted octanol–water partition coefficient (Wildman–Crippen LogP) is 3.11. The number of nitrogens with zero attached hydrogens (tertiary/aromatic N) is 2. The molecule has 2 aromatic carbocycles. The van der Waals surface area contributed by atoms with Gasteiger partial charge < -0.3 is 9.80 Å². The molecule has 3 aliphatic rings. The molecule has 25 heavy (non-hydrogen) atoms. The van der Waals surface area contributed by atoms with E-state index in [4.69, 9.17) is 0 Å². The summed E-state index contributed by atoms with van der Waals surface area (Å²) in [5.41, 5.74) is 6.45. The molecule has 0 bridgehead atoms. The van der Waals surface area contributed by atoms with E-state index in [1.165, 1.54) is 5.56 Å². The molecule has 0 saturated heterocycles. The van der Waals surface area contributed by atoms with Crippen molar-refractivity contribution in [2.24, 2.45) is 0 Å². The Morgan fingerprint density at radius 3 is 2.56 bits per heavy atom. The largest absolute Gasteiger partial charge is 0.312 e. The highest BCUT2D eigenvalue weighted by atomic mass is 16.2. The summed E-state index contributed by atoms with van der Waals surface area (Å²) in [6.07, 6.45) is 4.19. The predicted molar refractivity (Wildman–Crippen MR) is 97.3 cm³/mol. The Kier molecular flexibility index (Phi) is 3.20. The fourth-order valence-corrected chi connectivity index (χ4v) is 4.48. The van der Waals surface area contributed by atoms with Gasteiger partial charge in [-0.25, -0.2) is 0 Å². The molecule has 3 aliphatic heterocycles. The summed E-state index contributed by atoms with van der Waals surface area (Å²) < 4.78 is 0. The minimum absolute atomic E-state index is 0.0848. The van der Waals surface area contributed by atoms with Crippen molar-refractivity contribution in [1.29, 1.82) is 0 Å². The van der Waals surface area contributed by atoms with Crippen LogP contribution in [-0.4, -0.2) is 24.9 Å². The van der Waals surface area contributed by atoms with Gasteiger partial charge in [-0.05, 0) is 60.6 Å². The molecule has 0 N–H and O–H groups in total. The lowest BCUT2D eigenvalue weighted by molar-refractivity contribution is -0.118. The van der Waals surface area contributed by atoms with E-state index < -0.39 is 0 Å². The average Bonchev–Trinajstić information content (AvgIpc) is 3.09. The number of hydrogen-bond donors (Lipinski definition) is 0. The molecule has 3 heterocycles. The molecule has 5 rings (SSSR count). The molecule has 0 fully saturated rings. The number of hydrogen-bond acceptors (Lipinski definition) is 2. The monoisotopic (exact) mass is 332 g/mol. The van der Waals surface area contributed by atoms with Gasteiger partial charge >= 0.3 is 0 Å². The molecule has 0 aliphatic carbocycles. The minimum atomic E-state index is 0.0848. The molecule has 0 aromatic heterocycles. The van der Waals surface area contributed by atoms with Crippen LogP contribution < -0.4 is 9.80 Å². The normalized spacial score (nSPS) is 18.2. The summed E-state index contributed by atoms with van der Waals surface area (Å²) in [7, 11) is 0. The zero-order valence-corrected chi connectivity index (χ0v) is 14.1. The average molecular weight is 332 g/mol. The number of fused-ring (bicyclic) bond motifs is 1. The maximum absolute atomic E-state index is 13.2. The highest BCUT2D eigenvalue weighted by molar-refractivity contribution is 6.08. The molecule has 0 saturated carbocycles. The van der Waals surface area contributed by atoms with Gasteiger partial charge in [0.25, 0.3) is 5.91 Å². The van der Waals surface area contributed by atoms with Crippen LogP contribution in [0.5, 0.6) is 0 Å². The fourth-order valence-electron chi connectivity index (χ4n) is 4.48. The van der Waals surface area contributed by atoms with Gasteiger partial charge in [-0.3, -0.25) is 9.59 Å². The van der Waals surface area contributed by atoms with E-state index in [0.717, 1.165) is 66.8 Å². The van der Waals surface area contributed by atoms with Crippen LogP contribution in [0.4, 0.5) is 11.4 Å². The topological polar surface area (TPSA) is 40.6 Å². The van der Waals surface area contributed by atoms with Crippen molar-refractivity contribution in [3.8, 4) is 0 Å². The van der Waals surface area contributed by atoms with E-state index in [1.54, 1.807) is 0 Å². The lowest BCUT2D eigenvalue weighted by Gasteiger charge is -2.30. The molecule has 2 amide bonds.